The third-order valence-corrected chi connectivity index (χ3v) is 9.31. The fourth-order valence-electron chi connectivity index (χ4n) is 6.81. The molecule has 2 fully saturated rings. The number of carbonyl (C=O) groups is 1. The van der Waals surface area contributed by atoms with E-state index >= 15 is 0 Å². The average molecular weight is 488 g/mol. The van der Waals surface area contributed by atoms with Gasteiger partial charge in [-0.25, -0.2) is 18.4 Å². The first-order valence-electron chi connectivity index (χ1n) is 11.6. The van der Waals surface area contributed by atoms with E-state index in [0.29, 0.717) is 12.0 Å². The average Bonchev–Trinajstić information content (AvgIpc) is 3.13. The molecule has 9 heteroatoms. The van der Waals surface area contributed by atoms with Gasteiger partial charge < -0.3 is 20.1 Å². The molecule has 2 aromatic rings. The Morgan fingerprint density at radius 2 is 1.74 bits per heavy atom. The van der Waals surface area contributed by atoms with E-state index in [9.17, 15) is 28.5 Å². The Morgan fingerprint density at radius 3 is 2.41 bits per heavy atom. The molecular formula is C25H29NO7S. The lowest BCUT2D eigenvalue weighted by molar-refractivity contribution is -0.0305. The van der Waals surface area contributed by atoms with E-state index in [1.165, 1.54) is 24.3 Å². The molecule has 0 heterocycles. The summed E-state index contributed by atoms with van der Waals surface area (Å²) in [4.78, 5) is 12.9. The first-order valence-corrected chi connectivity index (χ1v) is 13.1. The molecule has 34 heavy (non-hydrogen) atoms. The smallest absolute Gasteiger partial charge is 0.338 e. The monoisotopic (exact) mass is 487 g/mol. The summed E-state index contributed by atoms with van der Waals surface area (Å²) in [5.41, 5.74) is 1.85. The topological polar surface area (TPSA) is 147 Å². The molecular weight excluding hydrogens is 458 g/mol. The number of rotatable bonds is 3. The van der Waals surface area contributed by atoms with Crippen LogP contribution in [0.25, 0.3) is 0 Å². The number of hydrogen-bond donors (Lipinski definition) is 4. The summed E-state index contributed by atoms with van der Waals surface area (Å²) in [7, 11) is -3.84. The zero-order valence-electron chi connectivity index (χ0n) is 18.9. The molecule has 0 bridgehead atoms. The van der Waals surface area contributed by atoms with Crippen molar-refractivity contribution in [1.82, 2.24) is 0 Å². The second-order valence-corrected chi connectivity index (χ2v) is 11.8. The van der Waals surface area contributed by atoms with E-state index in [4.69, 9.17) is 9.88 Å². The Kier molecular flexibility index (Phi) is 5.33. The Bertz CT molecular complexity index is 1260. The lowest BCUT2D eigenvalue weighted by atomic mass is 9.55. The van der Waals surface area contributed by atoms with Crippen molar-refractivity contribution >= 4 is 16.0 Å². The SMILES string of the molecule is C[C@]12CCC3c4c(cc(O)c(O)c4O)CCC3C1[C@@H](OC(=O)c1ccc(S(N)(=O)=O)cc1)CC2. The van der Waals surface area contributed by atoms with Crippen molar-refractivity contribution in [2.24, 2.45) is 22.4 Å². The van der Waals surface area contributed by atoms with E-state index in [2.05, 4.69) is 6.92 Å². The number of aromatic hydroxyl groups is 3. The van der Waals surface area contributed by atoms with Crippen molar-refractivity contribution in [1.29, 1.82) is 0 Å². The van der Waals surface area contributed by atoms with E-state index in [1.54, 1.807) is 6.07 Å². The Labute approximate surface area is 198 Å². The number of esters is 1. The lowest BCUT2D eigenvalue weighted by Gasteiger charge is -2.50. The molecule has 0 radical (unpaired) electrons. The molecule has 5 N–H and O–H groups in total. The second kappa shape index (κ2) is 7.88. The van der Waals surface area contributed by atoms with Crippen molar-refractivity contribution < 1.29 is 33.3 Å². The Hall–Kier alpha value is -2.78. The van der Waals surface area contributed by atoms with Crippen LogP contribution >= 0.6 is 0 Å². The quantitative estimate of drug-likeness (QED) is 0.382. The van der Waals surface area contributed by atoms with Crippen LogP contribution in [0.5, 0.6) is 17.2 Å². The van der Waals surface area contributed by atoms with Crippen LogP contribution in [0.1, 0.15) is 66.4 Å². The number of phenols is 3. The molecule has 8 nitrogen and oxygen atoms in total. The summed E-state index contributed by atoms with van der Waals surface area (Å²) in [6.45, 7) is 2.24. The van der Waals surface area contributed by atoms with Crippen LogP contribution in [-0.2, 0) is 21.2 Å². The van der Waals surface area contributed by atoms with Crippen molar-refractivity contribution in [3.8, 4) is 17.2 Å². The summed E-state index contributed by atoms with van der Waals surface area (Å²) < 4.78 is 29.0. The normalized spacial score (nSPS) is 30.2. The van der Waals surface area contributed by atoms with Gasteiger partial charge in [0.25, 0.3) is 0 Å². The van der Waals surface area contributed by atoms with Gasteiger partial charge in [-0.15, -0.1) is 0 Å². The molecule has 0 aromatic heterocycles. The van der Waals surface area contributed by atoms with Crippen LogP contribution in [0.4, 0.5) is 0 Å². The summed E-state index contributed by atoms with van der Waals surface area (Å²) in [5, 5.41) is 35.9. The van der Waals surface area contributed by atoms with Crippen molar-refractivity contribution in [3.05, 3.63) is 47.0 Å². The van der Waals surface area contributed by atoms with Crippen LogP contribution in [-0.4, -0.2) is 35.8 Å². The predicted octanol–water partition coefficient (Wildman–Crippen LogP) is 3.53. The third kappa shape index (κ3) is 3.62. The zero-order valence-corrected chi connectivity index (χ0v) is 19.7. The standard InChI is InChI=1S/C25H29NO7S/c1-25-10-8-16-17(7-4-14-12-18(27)22(28)23(29)20(14)16)21(25)19(9-11-25)33-24(30)13-2-5-15(6-3-13)34(26,31)32/h2-3,5-6,12,16-17,19,21,27-29H,4,7-11H2,1H3,(H2,26,31,32)/t16?,17?,19-,21?,25+/m0/s1. The minimum atomic E-state index is -3.84. The highest BCUT2D eigenvalue weighted by Crippen LogP contribution is 2.63. The van der Waals surface area contributed by atoms with E-state index in [1.807, 2.05) is 0 Å². The van der Waals surface area contributed by atoms with Crippen LogP contribution in [0, 0.1) is 17.3 Å². The maximum atomic E-state index is 12.9. The van der Waals surface area contributed by atoms with Gasteiger partial charge in [-0.3, -0.25) is 0 Å². The molecule has 5 rings (SSSR count). The van der Waals surface area contributed by atoms with Gasteiger partial charge >= 0.3 is 5.97 Å². The number of hydrogen-bond acceptors (Lipinski definition) is 7. The molecule has 0 aliphatic heterocycles. The lowest BCUT2D eigenvalue weighted by Crippen LogP contribution is -2.44. The summed E-state index contributed by atoms with van der Waals surface area (Å²) in [6.07, 6.45) is 4.67. The van der Waals surface area contributed by atoms with Crippen LogP contribution in [0.3, 0.4) is 0 Å². The summed E-state index contributed by atoms with van der Waals surface area (Å²) in [6, 6.07) is 6.95. The highest BCUT2D eigenvalue weighted by molar-refractivity contribution is 7.89. The van der Waals surface area contributed by atoms with Crippen LogP contribution in [0.2, 0.25) is 0 Å². The van der Waals surface area contributed by atoms with Crippen LogP contribution < -0.4 is 5.14 Å². The number of fused-ring (bicyclic) bond motifs is 5. The predicted molar refractivity (Wildman–Crippen MR) is 123 cm³/mol. The zero-order chi connectivity index (χ0) is 24.4. The molecule has 182 valence electrons. The van der Waals surface area contributed by atoms with Gasteiger partial charge in [0.2, 0.25) is 15.8 Å². The number of primary sulfonamides is 1. The maximum absolute atomic E-state index is 12.9. The largest absolute Gasteiger partial charge is 0.504 e. The number of ether oxygens (including phenoxy) is 1. The molecule has 5 atom stereocenters. The van der Waals surface area contributed by atoms with Crippen LogP contribution in [0.15, 0.2) is 35.2 Å². The van der Waals surface area contributed by atoms with E-state index in [0.717, 1.165) is 37.7 Å². The molecule has 0 amide bonds. The van der Waals surface area contributed by atoms with Gasteiger partial charge in [0.1, 0.15) is 6.10 Å². The number of nitrogens with two attached hydrogens (primary N) is 1. The molecule has 3 aliphatic carbocycles. The molecule has 3 unspecified atom stereocenters. The highest BCUT2D eigenvalue weighted by atomic mass is 32.2. The molecule has 3 aliphatic rings. The van der Waals surface area contributed by atoms with Gasteiger partial charge in [-0.2, -0.15) is 0 Å². The molecule has 0 saturated heterocycles. The summed E-state index contributed by atoms with van der Waals surface area (Å²) >= 11 is 0. The maximum Gasteiger partial charge on any atom is 0.338 e. The minimum Gasteiger partial charge on any atom is -0.504 e. The van der Waals surface area contributed by atoms with Gasteiger partial charge in [-0.1, -0.05) is 6.92 Å². The number of benzene rings is 2. The minimum absolute atomic E-state index is 0.00961. The Balaban J connectivity index is 1.41. The van der Waals surface area contributed by atoms with Crippen molar-refractivity contribution in [2.45, 2.75) is 62.4 Å². The first kappa shape index (κ1) is 23.0. The second-order valence-electron chi connectivity index (χ2n) is 10.2. The number of carbonyl (C=O) groups excluding carboxylic acids is 1. The van der Waals surface area contributed by atoms with Crippen molar-refractivity contribution in [2.75, 3.05) is 0 Å². The molecule has 2 aromatic carbocycles. The van der Waals surface area contributed by atoms with Gasteiger partial charge in [0.15, 0.2) is 11.5 Å². The van der Waals surface area contributed by atoms with Gasteiger partial charge in [0, 0.05) is 11.5 Å². The number of sulfonamides is 1. The fourth-order valence-corrected chi connectivity index (χ4v) is 7.33. The first-order chi connectivity index (χ1) is 16.0. The van der Waals surface area contributed by atoms with E-state index < -0.39 is 21.7 Å². The Morgan fingerprint density at radius 1 is 1.06 bits per heavy atom. The van der Waals surface area contributed by atoms with Gasteiger partial charge in [-0.05, 0) is 91.7 Å². The van der Waals surface area contributed by atoms with E-state index in [-0.39, 0.29) is 51.2 Å². The number of aryl methyl sites for hydroxylation is 1. The summed E-state index contributed by atoms with van der Waals surface area (Å²) in [5.74, 6) is -1.24. The molecule has 0 spiro atoms. The fraction of sp³-hybridized carbons (Fsp3) is 0.480. The van der Waals surface area contributed by atoms with Gasteiger partial charge in [0.05, 0.1) is 10.5 Å². The van der Waals surface area contributed by atoms with Crippen molar-refractivity contribution in [3.63, 3.8) is 0 Å². The highest BCUT2D eigenvalue weighted by Gasteiger charge is 2.56. The molecule has 2 saturated carbocycles. The third-order valence-electron chi connectivity index (χ3n) is 8.38. The number of phenolic OH excluding ortho intramolecular Hbond substituents is 3.